The third-order valence-electron chi connectivity index (χ3n) is 3.28. The summed E-state index contributed by atoms with van der Waals surface area (Å²) < 4.78 is 0. The molecule has 22 heavy (non-hydrogen) atoms. The molecular weight excluding hydrogens is 280 g/mol. The topological polar surface area (TPSA) is 80.2 Å². The Kier molecular flexibility index (Phi) is 4.65. The first-order valence-electron chi connectivity index (χ1n) is 7.07. The zero-order valence-corrected chi connectivity index (χ0v) is 12.8. The smallest absolute Gasteiger partial charge is 0.355 e. The number of rotatable bonds is 5. The number of ketones is 1. The number of benzene rings is 1. The van der Waals surface area contributed by atoms with Gasteiger partial charge in [-0.15, -0.1) is 0 Å². The molecular formula is C17H18N2O3. The number of aromatic carboxylic acids is 1. The number of aromatic nitrogens is 2. The van der Waals surface area contributed by atoms with E-state index in [1.54, 1.807) is 13.8 Å². The number of nitrogens with zero attached hydrogens (tertiary/aromatic N) is 2. The molecule has 0 aliphatic rings. The molecule has 114 valence electrons. The zero-order chi connectivity index (χ0) is 16.3. The molecule has 0 aliphatic carbocycles. The Balaban J connectivity index is 2.37. The van der Waals surface area contributed by atoms with Crippen LogP contribution in [0.5, 0.6) is 0 Å². The van der Waals surface area contributed by atoms with Crippen molar-refractivity contribution in [3.05, 3.63) is 58.7 Å². The van der Waals surface area contributed by atoms with E-state index in [2.05, 4.69) is 9.97 Å². The number of carboxylic acids is 1. The van der Waals surface area contributed by atoms with Crippen molar-refractivity contribution >= 4 is 11.8 Å². The standard InChI is InChI=1S/C17H18N2O3/c1-10(2)16(20)13-9-18-14(19-15(13)17(21)22)8-12-6-4-5-11(3)7-12/h4-7,9-10H,8H2,1-3H3,(H,21,22). The predicted octanol–water partition coefficient (Wildman–Crippen LogP) is 2.91. The highest BCUT2D eigenvalue weighted by molar-refractivity contribution is 6.05. The fraction of sp³-hybridized carbons (Fsp3) is 0.294. The Morgan fingerprint density at radius 1 is 1.27 bits per heavy atom. The van der Waals surface area contributed by atoms with Crippen LogP contribution in [0.2, 0.25) is 0 Å². The molecule has 2 rings (SSSR count). The maximum atomic E-state index is 12.0. The molecule has 0 amide bonds. The summed E-state index contributed by atoms with van der Waals surface area (Å²) in [5, 5.41) is 9.29. The Morgan fingerprint density at radius 2 is 2.00 bits per heavy atom. The first-order chi connectivity index (χ1) is 10.4. The highest BCUT2D eigenvalue weighted by Gasteiger charge is 2.21. The minimum absolute atomic E-state index is 0.0653. The Morgan fingerprint density at radius 3 is 2.59 bits per heavy atom. The van der Waals surface area contributed by atoms with Crippen LogP contribution < -0.4 is 0 Å². The summed E-state index contributed by atoms with van der Waals surface area (Å²) in [6, 6.07) is 7.85. The SMILES string of the molecule is Cc1cccc(Cc2ncc(C(=O)C(C)C)c(C(=O)O)n2)c1. The Hall–Kier alpha value is -2.56. The predicted molar refractivity (Wildman–Crippen MR) is 82.1 cm³/mol. The molecule has 1 heterocycles. The van der Waals surface area contributed by atoms with E-state index in [4.69, 9.17) is 0 Å². The molecule has 0 radical (unpaired) electrons. The summed E-state index contributed by atoms with van der Waals surface area (Å²) in [6.07, 6.45) is 1.75. The van der Waals surface area contributed by atoms with Gasteiger partial charge in [-0.2, -0.15) is 0 Å². The fourth-order valence-corrected chi connectivity index (χ4v) is 2.16. The summed E-state index contributed by atoms with van der Waals surface area (Å²) in [7, 11) is 0. The van der Waals surface area contributed by atoms with Crippen LogP contribution in [0.15, 0.2) is 30.5 Å². The average Bonchev–Trinajstić information content (AvgIpc) is 2.46. The minimum atomic E-state index is -1.21. The third-order valence-corrected chi connectivity index (χ3v) is 3.28. The van der Waals surface area contributed by atoms with Gasteiger partial charge in [0.15, 0.2) is 11.5 Å². The lowest BCUT2D eigenvalue weighted by Crippen LogP contribution is -2.17. The summed E-state index contributed by atoms with van der Waals surface area (Å²) in [5.74, 6) is -1.39. The van der Waals surface area contributed by atoms with Crippen LogP contribution in [-0.4, -0.2) is 26.8 Å². The van der Waals surface area contributed by atoms with Crippen molar-refractivity contribution in [2.24, 2.45) is 5.92 Å². The lowest BCUT2D eigenvalue weighted by atomic mass is 10.0. The van der Waals surface area contributed by atoms with Crippen LogP contribution in [0, 0.1) is 12.8 Å². The number of carbonyl (C=O) groups excluding carboxylic acids is 1. The van der Waals surface area contributed by atoms with E-state index in [-0.39, 0.29) is 23.0 Å². The van der Waals surface area contributed by atoms with Gasteiger partial charge >= 0.3 is 5.97 Å². The van der Waals surface area contributed by atoms with Crippen molar-refractivity contribution in [2.75, 3.05) is 0 Å². The fourth-order valence-electron chi connectivity index (χ4n) is 2.16. The third kappa shape index (κ3) is 3.55. The van der Waals surface area contributed by atoms with E-state index in [0.717, 1.165) is 11.1 Å². The van der Waals surface area contributed by atoms with Crippen molar-refractivity contribution in [3.8, 4) is 0 Å². The number of hydrogen-bond donors (Lipinski definition) is 1. The van der Waals surface area contributed by atoms with E-state index in [1.165, 1.54) is 6.20 Å². The molecule has 1 N–H and O–H groups in total. The Bertz CT molecular complexity index is 724. The molecule has 0 bridgehead atoms. The van der Waals surface area contributed by atoms with Gasteiger partial charge in [0.05, 0.1) is 5.56 Å². The summed E-state index contributed by atoms with van der Waals surface area (Å²) in [4.78, 5) is 31.6. The molecule has 0 aliphatic heterocycles. The summed E-state index contributed by atoms with van der Waals surface area (Å²) in [6.45, 7) is 5.42. The van der Waals surface area contributed by atoms with Crippen molar-refractivity contribution in [3.63, 3.8) is 0 Å². The second-order valence-corrected chi connectivity index (χ2v) is 5.54. The van der Waals surface area contributed by atoms with Gasteiger partial charge in [0.1, 0.15) is 5.82 Å². The van der Waals surface area contributed by atoms with E-state index in [9.17, 15) is 14.7 Å². The first-order valence-corrected chi connectivity index (χ1v) is 7.07. The molecule has 5 nitrogen and oxygen atoms in total. The molecule has 0 spiro atoms. The van der Waals surface area contributed by atoms with Crippen LogP contribution in [0.25, 0.3) is 0 Å². The molecule has 0 unspecified atom stereocenters. The maximum Gasteiger partial charge on any atom is 0.355 e. The second kappa shape index (κ2) is 6.47. The normalized spacial score (nSPS) is 10.7. The van der Waals surface area contributed by atoms with Gasteiger partial charge in [-0.05, 0) is 12.5 Å². The highest BCUT2D eigenvalue weighted by atomic mass is 16.4. The number of carboxylic acid groups (broad SMARTS) is 1. The molecule has 0 saturated carbocycles. The number of hydrogen-bond acceptors (Lipinski definition) is 4. The lowest BCUT2D eigenvalue weighted by molar-refractivity contribution is 0.0683. The first kappa shape index (κ1) is 15.8. The molecule has 1 aromatic heterocycles. The van der Waals surface area contributed by atoms with Crippen molar-refractivity contribution < 1.29 is 14.7 Å². The molecule has 0 fully saturated rings. The molecule has 5 heteroatoms. The van der Waals surface area contributed by atoms with Crippen molar-refractivity contribution in [1.82, 2.24) is 9.97 Å². The monoisotopic (exact) mass is 298 g/mol. The quantitative estimate of drug-likeness (QED) is 0.858. The molecule has 1 aromatic carbocycles. The second-order valence-electron chi connectivity index (χ2n) is 5.54. The average molecular weight is 298 g/mol. The maximum absolute atomic E-state index is 12.0. The molecule has 2 aromatic rings. The highest BCUT2D eigenvalue weighted by Crippen LogP contribution is 2.14. The van der Waals surface area contributed by atoms with Crippen LogP contribution in [0.1, 0.15) is 51.6 Å². The van der Waals surface area contributed by atoms with Gasteiger partial charge in [0, 0.05) is 18.5 Å². The van der Waals surface area contributed by atoms with E-state index < -0.39 is 5.97 Å². The number of aryl methyl sites for hydroxylation is 1. The summed E-state index contributed by atoms with van der Waals surface area (Å²) in [5.41, 5.74) is 1.95. The van der Waals surface area contributed by atoms with Crippen LogP contribution >= 0.6 is 0 Å². The number of carbonyl (C=O) groups is 2. The van der Waals surface area contributed by atoms with E-state index >= 15 is 0 Å². The molecule has 0 atom stereocenters. The van der Waals surface area contributed by atoms with Crippen molar-refractivity contribution in [1.29, 1.82) is 0 Å². The number of Topliss-reactive ketones (excluding diaryl/α,β-unsaturated/α-hetero) is 1. The van der Waals surface area contributed by atoms with Crippen molar-refractivity contribution in [2.45, 2.75) is 27.2 Å². The lowest BCUT2D eigenvalue weighted by Gasteiger charge is -2.09. The van der Waals surface area contributed by atoms with Gasteiger partial charge in [0.25, 0.3) is 0 Å². The largest absolute Gasteiger partial charge is 0.476 e. The van der Waals surface area contributed by atoms with Gasteiger partial charge in [-0.1, -0.05) is 43.7 Å². The van der Waals surface area contributed by atoms with E-state index in [0.29, 0.717) is 12.2 Å². The van der Waals surface area contributed by atoms with Gasteiger partial charge in [-0.25, -0.2) is 14.8 Å². The van der Waals surface area contributed by atoms with Gasteiger partial charge in [-0.3, -0.25) is 4.79 Å². The van der Waals surface area contributed by atoms with Gasteiger partial charge in [0.2, 0.25) is 0 Å². The zero-order valence-electron chi connectivity index (χ0n) is 12.8. The van der Waals surface area contributed by atoms with Gasteiger partial charge < -0.3 is 5.11 Å². The Labute approximate surface area is 129 Å². The minimum Gasteiger partial charge on any atom is -0.476 e. The van der Waals surface area contributed by atoms with Crippen LogP contribution in [-0.2, 0) is 6.42 Å². The van der Waals surface area contributed by atoms with Crippen LogP contribution in [0.4, 0.5) is 0 Å². The molecule has 0 saturated heterocycles. The van der Waals surface area contributed by atoms with Crippen LogP contribution in [0.3, 0.4) is 0 Å². The van der Waals surface area contributed by atoms with E-state index in [1.807, 2.05) is 31.2 Å². The summed E-state index contributed by atoms with van der Waals surface area (Å²) >= 11 is 0.